The molecule has 0 bridgehead atoms. The van der Waals surface area contributed by atoms with Gasteiger partial charge in [0.1, 0.15) is 11.6 Å². The summed E-state index contributed by atoms with van der Waals surface area (Å²) in [6.45, 7) is 8.11. The van der Waals surface area contributed by atoms with Gasteiger partial charge in [-0.25, -0.2) is 13.6 Å². The Bertz CT molecular complexity index is 592. The number of carbonyl (C=O) groups excluding carboxylic acids is 1. The number of hydrogen-bond acceptors (Lipinski definition) is 3. The average molecular weight is 369 g/mol. The minimum atomic E-state index is -0.643. The van der Waals surface area contributed by atoms with Crippen LogP contribution in [0.15, 0.2) is 18.2 Å². The number of carbonyl (C=O) groups is 1. The van der Waals surface area contributed by atoms with Crippen molar-refractivity contribution in [2.45, 2.75) is 32.9 Å². The third-order valence-corrected chi connectivity index (χ3v) is 4.56. The van der Waals surface area contributed by atoms with Gasteiger partial charge in [-0.3, -0.25) is 4.90 Å². The topological polar surface area (TPSA) is 44.8 Å². The number of ether oxygens (including phenoxy) is 1. The number of nitrogens with one attached hydrogen (secondary N) is 1. The van der Waals surface area contributed by atoms with Crippen LogP contribution in [-0.2, 0) is 11.3 Å². The summed E-state index contributed by atoms with van der Waals surface area (Å²) in [5, 5.41) is 2.94. The highest BCUT2D eigenvalue weighted by atomic mass is 19.1. The number of nitrogens with zero attached hydrogens (tertiary/aromatic N) is 2. The number of benzene rings is 1. The van der Waals surface area contributed by atoms with Crippen molar-refractivity contribution >= 4 is 6.03 Å². The Kier molecular flexibility index (Phi) is 7.78. The predicted octanol–water partition coefficient (Wildman–Crippen LogP) is 2.85. The maximum absolute atomic E-state index is 13.8. The molecule has 1 unspecified atom stereocenters. The van der Waals surface area contributed by atoms with Crippen LogP contribution in [0.4, 0.5) is 13.6 Å². The third kappa shape index (κ3) is 6.21. The van der Waals surface area contributed by atoms with Crippen molar-refractivity contribution in [1.82, 2.24) is 15.1 Å². The zero-order chi connectivity index (χ0) is 19.1. The lowest BCUT2D eigenvalue weighted by atomic mass is 10.0. The van der Waals surface area contributed by atoms with Gasteiger partial charge in [-0.15, -0.1) is 0 Å². The third-order valence-electron chi connectivity index (χ3n) is 4.56. The van der Waals surface area contributed by atoms with Gasteiger partial charge in [0.25, 0.3) is 0 Å². The van der Waals surface area contributed by atoms with Crippen LogP contribution < -0.4 is 5.32 Å². The largest absolute Gasteiger partial charge is 0.379 e. The van der Waals surface area contributed by atoms with Gasteiger partial charge in [-0.05, 0) is 18.4 Å². The molecular formula is C19H29F2N3O2. The molecule has 1 fully saturated rings. The van der Waals surface area contributed by atoms with Crippen LogP contribution in [0.25, 0.3) is 0 Å². The van der Waals surface area contributed by atoms with E-state index in [-0.39, 0.29) is 24.2 Å². The van der Waals surface area contributed by atoms with E-state index in [2.05, 4.69) is 24.1 Å². The van der Waals surface area contributed by atoms with Crippen LogP contribution in [0, 0.1) is 17.6 Å². The Hall–Kier alpha value is -1.73. The van der Waals surface area contributed by atoms with Gasteiger partial charge in [-0.2, -0.15) is 0 Å². The fourth-order valence-corrected chi connectivity index (χ4v) is 3.17. The molecule has 1 aromatic rings. The van der Waals surface area contributed by atoms with E-state index in [9.17, 15) is 13.6 Å². The number of amides is 2. The average Bonchev–Trinajstić information content (AvgIpc) is 2.61. The molecule has 1 saturated heterocycles. The molecule has 1 aromatic carbocycles. The molecule has 1 aliphatic heterocycles. The normalized spacial score (nSPS) is 16.5. The summed E-state index contributed by atoms with van der Waals surface area (Å²) >= 11 is 0. The summed E-state index contributed by atoms with van der Waals surface area (Å²) < 4.78 is 32.2. The first-order valence-corrected chi connectivity index (χ1v) is 9.11. The van der Waals surface area contributed by atoms with Crippen molar-refractivity contribution in [2.75, 3.05) is 39.9 Å². The van der Waals surface area contributed by atoms with Crippen LogP contribution in [0.3, 0.4) is 0 Å². The van der Waals surface area contributed by atoms with Gasteiger partial charge in [0.2, 0.25) is 0 Å². The van der Waals surface area contributed by atoms with Crippen molar-refractivity contribution < 1.29 is 18.3 Å². The van der Waals surface area contributed by atoms with E-state index in [1.54, 1.807) is 7.05 Å². The van der Waals surface area contributed by atoms with Crippen LogP contribution in [0.5, 0.6) is 0 Å². The van der Waals surface area contributed by atoms with E-state index >= 15 is 0 Å². The summed E-state index contributed by atoms with van der Waals surface area (Å²) in [4.78, 5) is 16.1. The molecule has 1 heterocycles. The van der Waals surface area contributed by atoms with Gasteiger partial charge in [0.15, 0.2) is 0 Å². The monoisotopic (exact) mass is 369 g/mol. The van der Waals surface area contributed by atoms with E-state index in [4.69, 9.17) is 4.74 Å². The van der Waals surface area contributed by atoms with Gasteiger partial charge in [-0.1, -0.05) is 19.9 Å². The molecule has 2 amide bonds. The second kappa shape index (κ2) is 9.83. The first-order chi connectivity index (χ1) is 12.4. The van der Waals surface area contributed by atoms with E-state index in [1.807, 2.05) is 0 Å². The number of hydrogen-bond donors (Lipinski definition) is 1. The highest BCUT2D eigenvalue weighted by molar-refractivity contribution is 5.73. The highest BCUT2D eigenvalue weighted by Gasteiger charge is 2.23. The van der Waals surface area contributed by atoms with E-state index in [0.717, 1.165) is 25.6 Å². The Morgan fingerprint density at radius 2 is 2.00 bits per heavy atom. The van der Waals surface area contributed by atoms with Gasteiger partial charge < -0.3 is 15.0 Å². The molecule has 26 heavy (non-hydrogen) atoms. The molecule has 0 saturated carbocycles. The molecule has 7 heteroatoms. The molecular weight excluding hydrogens is 340 g/mol. The molecule has 1 aliphatic rings. The Labute approximate surface area is 154 Å². The quantitative estimate of drug-likeness (QED) is 0.804. The molecule has 1 atom stereocenters. The molecule has 1 N–H and O–H groups in total. The predicted molar refractivity (Wildman–Crippen MR) is 96.9 cm³/mol. The second-order valence-corrected chi connectivity index (χ2v) is 7.21. The molecule has 0 aliphatic carbocycles. The minimum absolute atomic E-state index is 0.0876. The summed E-state index contributed by atoms with van der Waals surface area (Å²) in [5.41, 5.74) is 0.288. The number of morpholine rings is 1. The van der Waals surface area contributed by atoms with Crippen molar-refractivity contribution in [3.05, 3.63) is 35.4 Å². The second-order valence-electron chi connectivity index (χ2n) is 7.21. The first kappa shape index (κ1) is 20.6. The zero-order valence-electron chi connectivity index (χ0n) is 15.8. The summed E-state index contributed by atoms with van der Waals surface area (Å²) in [6.07, 6.45) is 0.983. The summed E-state index contributed by atoms with van der Waals surface area (Å²) in [5.74, 6) is -0.748. The van der Waals surface area contributed by atoms with Gasteiger partial charge in [0.05, 0.1) is 13.2 Å². The zero-order valence-corrected chi connectivity index (χ0v) is 15.8. The molecule has 0 radical (unpaired) electrons. The van der Waals surface area contributed by atoms with Gasteiger partial charge in [0, 0.05) is 50.9 Å². The number of rotatable bonds is 7. The fraction of sp³-hybridized carbons (Fsp3) is 0.632. The molecule has 146 valence electrons. The van der Waals surface area contributed by atoms with Crippen molar-refractivity contribution in [2.24, 2.45) is 5.92 Å². The molecule has 0 spiro atoms. The van der Waals surface area contributed by atoms with Crippen molar-refractivity contribution in [3.63, 3.8) is 0 Å². The Morgan fingerprint density at radius 1 is 1.31 bits per heavy atom. The highest BCUT2D eigenvalue weighted by Crippen LogP contribution is 2.14. The van der Waals surface area contributed by atoms with E-state index < -0.39 is 11.6 Å². The van der Waals surface area contributed by atoms with Crippen LogP contribution >= 0.6 is 0 Å². The Balaban J connectivity index is 1.89. The lowest BCUT2D eigenvalue weighted by molar-refractivity contribution is 0.0127. The maximum Gasteiger partial charge on any atom is 0.317 e. The maximum atomic E-state index is 13.8. The number of urea groups is 1. The molecule has 2 rings (SSSR count). The van der Waals surface area contributed by atoms with Crippen LogP contribution in [-0.4, -0.2) is 61.8 Å². The van der Waals surface area contributed by atoms with Crippen molar-refractivity contribution in [3.8, 4) is 0 Å². The summed E-state index contributed by atoms with van der Waals surface area (Å²) in [7, 11) is 1.60. The summed E-state index contributed by atoms with van der Waals surface area (Å²) in [6, 6.07) is 3.37. The minimum Gasteiger partial charge on any atom is -0.379 e. The fourth-order valence-electron chi connectivity index (χ4n) is 3.17. The SMILES string of the molecule is CC(C)CC(CNC(=O)N(C)Cc1ccc(F)cc1F)N1CCOCC1. The first-order valence-electron chi connectivity index (χ1n) is 9.11. The Morgan fingerprint density at radius 3 is 2.62 bits per heavy atom. The van der Waals surface area contributed by atoms with E-state index in [0.29, 0.717) is 25.7 Å². The van der Waals surface area contributed by atoms with Crippen molar-refractivity contribution in [1.29, 1.82) is 0 Å². The lowest BCUT2D eigenvalue weighted by Gasteiger charge is -2.35. The standard InChI is InChI=1S/C19H29F2N3O2/c1-14(2)10-17(24-6-8-26-9-7-24)12-22-19(25)23(3)13-15-4-5-16(20)11-18(15)21/h4-5,11,14,17H,6-10,12-13H2,1-3H3,(H,22,25). The molecule has 5 nitrogen and oxygen atoms in total. The smallest absolute Gasteiger partial charge is 0.317 e. The number of halogens is 2. The molecule has 0 aromatic heterocycles. The van der Waals surface area contributed by atoms with Gasteiger partial charge >= 0.3 is 6.03 Å². The van der Waals surface area contributed by atoms with Crippen LogP contribution in [0.2, 0.25) is 0 Å². The lowest BCUT2D eigenvalue weighted by Crippen LogP contribution is -2.50. The van der Waals surface area contributed by atoms with Crippen LogP contribution in [0.1, 0.15) is 25.8 Å². The van der Waals surface area contributed by atoms with E-state index in [1.165, 1.54) is 17.0 Å².